The zero-order valence-corrected chi connectivity index (χ0v) is 15.1. The summed E-state index contributed by atoms with van der Waals surface area (Å²) in [5, 5.41) is 0. The topological polar surface area (TPSA) is 59.1 Å². The van der Waals surface area contributed by atoms with Crippen molar-refractivity contribution in [2.75, 3.05) is 52.6 Å². The van der Waals surface area contributed by atoms with Gasteiger partial charge in [-0.25, -0.2) is 12.8 Å². The third kappa shape index (κ3) is 4.77. The second-order valence-electron chi connectivity index (χ2n) is 6.37. The van der Waals surface area contributed by atoms with Crippen molar-refractivity contribution >= 4 is 10.0 Å². The minimum Gasteiger partial charge on any atom is -0.381 e. The van der Waals surface area contributed by atoms with Gasteiger partial charge in [0.15, 0.2) is 0 Å². The molecule has 2 aliphatic rings. The number of hydrogen-bond acceptors (Lipinski definition) is 5. The van der Waals surface area contributed by atoms with E-state index in [1.165, 1.54) is 18.2 Å². The van der Waals surface area contributed by atoms with Crippen LogP contribution in [0.1, 0.15) is 12.8 Å². The third-order valence-electron chi connectivity index (χ3n) is 4.74. The predicted molar refractivity (Wildman–Crippen MR) is 91.4 cm³/mol. The fourth-order valence-corrected chi connectivity index (χ4v) is 5.01. The standard InChI is InChI=1S/C17H25FN2O4S/c18-15-2-1-3-17(14-15)25(21,22)20(16-4-10-23-11-5-16)7-6-19-8-12-24-13-9-19/h1-3,14,16H,4-13H2. The van der Waals surface area contributed by atoms with Crippen LogP contribution in [0.4, 0.5) is 4.39 Å². The smallest absolute Gasteiger partial charge is 0.243 e. The van der Waals surface area contributed by atoms with Crippen LogP contribution in [0, 0.1) is 5.82 Å². The highest BCUT2D eigenvalue weighted by molar-refractivity contribution is 7.89. The maximum atomic E-state index is 13.6. The number of nitrogens with zero attached hydrogens (tertiary/aromatic N) is 2. The largest absolute Gasteiger partial charge is 0.381 e. The van der Waals surface area contributed by atoms with Crippen molar-refractivity contribution < 1.29 is 22.3 Å². The van der Waals surface area contributed by atoms with Crippen molar-refractivity contribution in [2.45, 2.75) is 23.8 Å². The zero-order chi connectivity index (χ0) is 17.7. The summed E-state index contributed by atoms with van der Waals surface area (Å²) >= 11 is 0. The molecule has 6 nitrogen and oxygen atoms in total. The molecule has 2 saturated heterocycles. The Morgan fingerprint density at radius 3 is 2.48 bits per heavy atom. The molecule has 0 spiro atoms. The summed E-state index contributed by atoms with van der Waals surface area (Å²) in [6, 6.07) is 5.14. The summed E-state index contributed by atoms with van der Waals surface area (Å²) in [7, 11) is -3.74. The minimum atomic E-state index is -3.74. The van der Waals surface area contributed by atoms with Gasteiger partial charge in [0.25, 0.3) is 0 Å². The summed E-state index contributed by atoms with van der Waals surface area (Å²) in [6.07, 6.45) is 1.33. The van der Waals surface area contributed by atoms with Crippen molar-refractivity contribution in [1.82, 2.24) is 9.21 Å². The van der Waals surface area contributed by atoms with Crippen molar-refractivity contribution in [3.8, 4) is 0 Å². The number of halogens is 1. The maximum absolute atomic E-state index is 13.6. The number of morpholine rings is 1. The molecule has 0 atom stereocenters. The molecule has 0 amide bonds. The molecule has 2 fully saturated rings. The van der Waals surface area contributed by atoms with E-state index < -0.39 is 15.8 Å². The molecule has 0 bridgehead atoms. The molecular formula is C17H25FN2O4S. The number of sulfonamides is 1. The van der Waals surface area contributed by atoms with Gasteiger partial charge in [0.05, 0.1) is 18.1 Å². The van der Waals surface area contributed by atoms with Crippen molar-refractivity contribution in [2.24, 2.45) is 0 Å². The molecule has 0 aromatic heterocycles. The van der Waals surface area contributed by atoms with Crippen molar-refractivity contribution in [1.29, 1.82) is 0 Å². The van der Waals surface area contributed by atoms with E-state index in [1.807, 2.05) is 0 Å². The molecule has 1 aromatic carbocycles. The quantitative estimate of drug-likeness (QED) is 0.754. The van der Waals surface area contributed by atoms with E-state index in [0.717, 1.165) is 19.2 Å². The molecular weight excluding hydrogens is 347 g/mol. The van der Waals surface area contributed by atoms with E-state index in [-0.39, 0.29) is 10.9 Å². The average molecular weight is 372 g/mol. The molecule has 140 valence electrons. The van der Waals surface area contributed by atoms with Crippen LogP contribution in [-0.4, -0.2) is 76.3 Å². The molecule has 0 saturated carbocycles. The first kappa shape index (κ1) is 18.7. The molecule has 3 rings (SSSR count). The highest BCUT2D eigenvalue weighted by Crippen LogP contribution is 2.24. The van der Waals surface area contributed by atoms with Gasteiger partial charge < -0.3 is 9.47 Å². The molecule has 1 aromatic rings. The average Bonchev–Trinajstić information content (AvgIpc) is 2.63. The lowest BCUT2D eigenvalue weighted by atomic mass is 10.1. The van der Waals surface area contributed by atoms with Crippen LogP contribution in [-0.2, 0) is 19.5 Å². The number of ether oxygens (including phenoxy) is 2. The fourth-order valence-electron chi connectivity index (χ4n) is 3.30. The Morgan fingerprint density at radius 2 is 1.80 bits per heavy atom. The Kier molecular flexibility index (Phi) is 6.40. The fraction of sp³-hybridized carbons (Fsp3) is 0.647. The molecule has 25 heavy (non-hydrogen) atoms. The SMILES string of the molecule is O=S(=O)(c1cccc(F)c1)N(CCN1CCOCC1)C1CCOCC1. The van der Waals surface area contributed by atoms with E-state index in [1.54, 1.807) is 4.31 Å². The van der Waals surface area contributed by atoms with E-state index in [0.29, 0.717) is 52.4 Å². The Balaban J connectivity index is 1.79. The van der Waals surface area contributed by atoms with Crippen LogP contribution in [0.3, 0.4) is 0 Å². The van der Waals surface area contributed by atoms with Gasteiger partial charge in [0.1, 0.15) is 5.82 Å². The van der Waals surface area contributed by atoms with Gasteiger partial charge in [-0.1, -0.05) is 6.07 Å². The molecule has 2 heterocycles. The molecule has 8 heteroatoms. The summed E-state index contributed by atoms with van der Waals surface area (Å²) in [6.45, 7) is 5.11. The van der Waals surface area contributed by atoms with Gasteiger partial charge in [-0.15, -0.1) is 0 Å². The predicted octanol–water partition coefficient (Wildman–Crippen LogP) is 1.33. The van der Waals surface area contributed by atoms with Gasteiger partial charge in [-0.2, -0.15) is 4.31 Å². The lowest BCUT2D eigenvalue weighted by Crippen LogP contribution is -2.48. The van der Waals surface area contributed by atoms with Crippen LogP contribution in [0.15, 0.2) is 29.2 Å². The minimum absolute atomic E-state index is 0.0148. The Morgan fingerprint density at radius 1 is 1.12 bits per heavy atom. The lowest BCUT2D eigenvalue weighted by Gasteiger charge is -2.35. The summed E-state index contributed by atoms with van der Waals surface area (Å²) < 4.78 is 52.1. The third-order valence-corrected chi connectivity index (χ3v) is 6.69. The van der Waals surface area contributed by atoms with Crippen molar-refractivity contribution in [3.63, 3.8) is 0 Å². The first-order valence-electron chi connectivity index (χ1n) is 8.72. The highest BCUT2D eigenvalue weighted by Gasteiger charge is 2.33. The van der Waals surface area contributed by atoms with E-state index in [4.69, 9.17) is 9.47 Å². The molecule has 0 unspecified atom stereocenters. The Bertz CT molecular complexity index is 658. The van der Waals surface area contributed by atoms with Crippen LogP contribution in [0.5, 0.6) is 0 Å². The van der Waals surface area contributed by atoms with E-state index in [2.05, 4.69) is 4.90 Å². The van der Waals surface area contributed by atoms with Gasteiger partial charge in [-0.05, 0) is 31.0 Å². The Labute approximate surface area is 148 Å². The van der Waals surface area contributed by atoms with Crippen LogP contribution >= 0.6 is 0 Å². The van der Waals surface area contributed by atoms with E-state index in [9.17, 15) is 12.8 Å². The first-order valence-corrected chi connectivity index (χ1v) is 10.2. The van der Waals surface area contributed by atoms with Gasteiger partial charge in [0, 0.05) is 45.4 Å². The van der Waals surface area contributed by atoms with Gasteiger partial charge >= 0.3 is 0 Å². The number of hydrogen-bond donors (Lipinski definition) is 0. The van der Waals surface area contributed by atoms with Gasteiger partial charge in [0.2, 0.25) is 10.0 Å². The summed E-state index contributed by atoms with van der Waals surface area (Å²) in [4.78, 5) is 2.22. The van der Waals surface area contributed by atoms with Crippen LogP contribution < -0.4 is 0 Å². The summed E-state index contributed by atoms with van der Waals surface area (Å²) in [5.41, 5.74) is 0. The Hall–Kier alpha value is -1.06. The monoisotopic (exact) mass is 372 g/mol. The molecule has 0 aliphatic carbocycles. The molecule has 2 aliphatic heterocycles. The molecule has 0 N–H and O–H groups in total. The highest BCUT2D eigenvalue weighted by atomic mass is 32.2. The molecule has 0 radical (unpaired) electrons. The maximum Gasteiger partial charge on any atom is 0.243 e. The zero-order valence-electron chi connectivity index (χ0n) is 14.3. The normalized spacial score (nSPS) is 20.9. The first-order chi connectivity index (χ1) is 12.1. The second kappa shape index (κ2) is 8.55. The lowest BCUT2D eigenvalue weighted by molar-refractivity contribution is 0.0291. The number of rotatable bonds is 6. The van der Waals surface area contributed by atoms with Gasteiger partial charge in [-0.3, -0.25) is 4.90 Å². The van der Waals surface area contributed by atoms with Crippen LogP contribution in [0.25, 0.3) is 0 Å². The van der Waals surface area contributed by atoms with Crippen molar-refractivity contribution in [3.05, 3.63) is 30.1 Å². The second-order valence-corrected chi connectivity index (χ2v) is 8.26. The number of benzene rings is 1. The summed E-state index contributed by atoms with van der Waals surface area (Å²) in [5.74, 6) is -0.541. The van der Waals surface area contributed by atoms with Crippen LogP contribution in [0.2, 0.25) is 0 Å². The van der Waals surface area contributed by atoms with E-state index >= 15 is 0 Å².